The van der Waals surface area contributed by atoms with Gasteiger partial charge in [0.05, 0.1) is 11.1 Å². The maximum atomic E-state index is 13.1. The predicted octanol–water partition coefficient (Wildman–Crippen LogP) is 3.29. The Bertz CT molecular complexity index is 508. The number of oxazole rings is 1. The third-order valence-electron chi connectivity index (χ3n) is 2.48. The van der Waals surface area contributed by atoms with Gasteiger partial charge in [0.15, 0.2) is 5.58 Å². The zero-order valence-electron chi connectivity index (χ0n) is 9.05. The number of nitrogens with zero attached hydrogens (tertiary/aromatic N) is 1. The molecule has 1 atom stereocenters. The lowest BCUT2D eigenvalue weighted by Crippen LogP contribution is -2.15. The van der Waals surface area contributed by atoms with E-state index < -0.39 is 5.82 Å². The zero-order valence-corrected chi connectivity index (χ0v) is 9.81. The maximum Gasteiger partial charge on any atom is 0.212 e. The summed E-state index contributed by atoms with van der Waals surface area (Å²) in [5.74, 6) is 0.127. The average Bonchev–Trinajstić information content (AvgIpc) is 2.63. The van der Waals surface area contributed by atoms with Gasteiger partial charge in [-0.2, -0.15) is 0 Å². The van der Waals surface area contributed by atoms with Crippen LogP contribution in [0.5, 0.6) is 0 Å². The Labute approximate surface area is 97.6 Å². The minimum atomic E-state index is -0.408. The summed E-state index contributed by atoms with van der Waals surface area (Å²) < 4.78 is 18.6. The van der Waals surface area contributed by atoms with Gasteiger partial charge in [-0.1, -0.05) is 18.5 Å². The van der Waals surface area contributed by atoms with Crippen LogP contribution in [0, 0.1) is 5.82 Å². The predicted molar refractivity (Wildman–Crippen MR) is 61.1 cm³/mol. The Kier molecular flexibility index (Phi) is 3.12. The van der Waals surface area contributed by atoms with Crippen LogP contribution in [0.3, 0.4) is 0 Å². The van der Waals surface area contributed by atoms with Gasteiger partial charge in [0, 0.05) is 6.07 Å². The summed E-state index contributed by atoms with van der Waals surface area (Å²) in [6, 6.07) is 2.56. The molecular formula is C11H12ClFN2O. The molecule has 2 rings (SSSR count). The molecule has 2 aromatic rings. The van der Waals surface area contributed by atoms with Gasteiger partial charge in [0.1, 0.15) is 11.3 Å². The summed E-state index contributed by atoms with van der Waals surface area (Å²) in [4.78, 5) is 4.22. The molecule has 0 fully saturated rings. The molecule has 0 aliphatic heterocycles. The van der Waals surface area contributed by atoms with Crippen LogP contribution in [0.4, 0.5) is 4.39 Å². The van der Waals surface area contributed by atoms with E-state index >= 15 is 0 Å². The van der Waals surface area contributed by atoms with E-state index in [0.29, 0.717) is 17.0 Å². The smallest absolute Gasteiger partial charge is 0.212 e. The van der Waals surface area contributed by atoms with Crippen molar-refractivity contribution in [2.75, 3.05) is 7.05 Å². The molecule has 0 amide bonds. The molecule has 86 valence electrons. The molecule has 0 radical (unpaired) electrons. The Hall–Kier alpha value is -1.13. The second-order valence-electron chi connectivity index (χ2n) is 3.54. The lowest BCUT2D eigenvalue weighted by atomic mass is 10.2. The van der Waals surface area contributed by atoms with Crippen molar-refractivity contribution in [3.8, 4) is 0 Å². The van der Waals surface area contributed by atoms with Gasteiger partial charge in [0.25, 0.3) is 0 Å². The van der Waals surface area contributed by atoms with Crippen LogP contribution in [0.25, 0.3) is 11.1 Å². The van der Waals surface area contributed by atoms with E-state index in [-0.39, 0.29) is 11.1 Å². The Morgan fingerprint density at radius 2 is 2.31 bits per heavy atom. The van der Waals surface area contributed by atoms with Crippen LogP contribution < -0.4 is 5.32 Å². The number of nitrogens with one attached hydrogen (secondary N) is 1. The van der Waals surface area contributed by atoms with Gasteiger partial charge in [-0.05, 0) is 19.5 Å². The first-order valence-electron chi connectivity index (χ1n) is 5.08. The van der Waals surface area contributed by atoms with Crippen molar-refractivity contribution >= 4 is 22.7 Å². The van der Waals surface area contributed by atoms with E-state index in [1.807, 2.05) is 14.0 Å². The van der Waals surface area contributed by atoms with E-state index in [1.54, 1.807) is 0 Å². The zero-order chi connectivity index (χ0) is 11.7. The van der Waals surface area contributed by atoms with Gasteiger partial charge < -0.3 is 9.73 Å². The summed E-state index contributed by atoms with van der Waals surface area (Å²) in [7, 11) is 1.82. The molecule has 0 saturated heterocycles. The SMILES string of the molecule is CCC(NC)c1nc2cc(F)cc(Cl)c2o1. The number of benzene rings is 1. The van der Waals surface area contributed by atoms with Gasteiger partial charge in [-0.3, -0.25) is 0 Å². The molecular weight excluding hydrogens is 231 g/mol. The molecule has 3 nitrogen and oxygen atoms in total. The van der Waals surface area contributed by atoms with Crippen LogP contribution in [0.1, 0.15) is 25.3 Å². The first-order chi connectivity index (χ1) is 7.65. The van der Waals surface area contributed by atoms with Crippen LogP contribution >= 0.6 is 11.6 Å². The van der Waals surface area contributed by atoms with Gasteiger partial charge in [-0.25, -0.2) is 9.37 Å². The third kappa shape index (κ3) is 1.90. The Morgan fingerprint density at radius 1 is 1.56 bits per heavy atom. The lowest BCUT2D eigenvalue weighted by molar-refractivity contribution is 0.427. The normalized spacial score (nSPS) is 13.2. The van der Waals surface area contributed by atoms with Crippen LogP contribution in [-0.2, 0) is 0 Å². The Balaban J connectivity index is 2.55. The van der Waals surface area contributed by atoms with Crippen molar-refractivity contribution in [2.24, 2.45) is 0 Å². The highest BCUT2D eigenvalue weighted by Gasteiger charge is 2.16. The molecule has 5 heteroatoms. The first-order valence-corrected chi connectivity index (χ1v) is 5.46. The van der Waals surface area contributed by atoms with Crippen molar-refractivity contribution in [3.05, 3.63) is 28.9 Å². The molecule has 0 spiro atoms. The highest BCUT2D eigenvalue weighted by atomic mass is 35.5. The number of rotatable bonds is 3. The van der Waals surface area contributed by atoms with E-state index in [2.05, 4.69) is 10.3 Å². The molecule has 1 N–H and O–H groups in total. The first kappa shape index (κ1) is 11.4. The average molecular weight is 243 g/mol. The van der Waals surface area contributed by atoms with Gasteiger partial charge in [-0.15, -0.1) is 0 Å². The minimum Gasteiger partial charge on any atom is -0.437 e. The highest BCUT2D eigenvalue weighted by Crippen LogP contribution is 2.28. The van der Waals surface area contributed by atoms with Crippen molar-refractivity contribution in [3.63, 3.8) is 0 Å². The summed E-state index contributed by atoms with van der Waals surface area (Å²) in [5.41, 5.74) is 0.889. The largest absolute Gasteiger partial charge is 0.437 e. The molecule has 0 aliphatic carbocycles. The second-order valence-corrected chi connectivity index (χ2v) is 3.94. The topological polar surface area (TPSA) is 38.1 Å². The summed E-state index contributed by atoms with van der Waals surface area (Å²) >= 11 is 5.87. The van der Waals surface area contributed by atoms with Crippen molar-refractivity contribution in [2.45, 2.75) is 19.4 Å². The fourth-order valence-electron chi connectivity index (χ4n) is 1.63. The van der Waals surface area contributed by atoms with E-state index in [0.717, 1.165) is 6.42 Å². The minimum absolute atomic E-state index is 0.0199. The Morgan fingerprint density at radius 3 is 2.94 bits per heavy atom. The lowest BCUT2D eigenvalue weighted by Gasteiger charge is -2.07. The molecule has 0 aliphatic rings. The van der Waals surface area contributed by atoms with Gasteiger partial charge in [0.2, 0.25) is 5.89 Å². The number of hydrogen-bond donors (Lipinski definition) is 1. The molecule has 1 aromatic carbocycles. The van der Waals surface area contributed by atoms with Crippen LogP contribution in [0.2, 0.25) is 5.02 Å². The van der Waals surface area contributed by atoms with Crippen molar-refractivity contribution in [1.82, 2.24) is 10.3 Å². The summed E-state index contributed by atoms with van der Waals surface area (Å²) in [6.45, 7) is 2.01. The number of hydrogen-bond acceptors (Lipinski definition) is 3. The molecule has 0 bridgehead atoms. The van der Waals surface area contributed by atoms with E-state index in [4.69, 9.17) is 16.0 Å². The summed E-state index contributed by atoms with van der Waals surface area (Å²) in [6.07, 6.45) is 0.837. The number of aromatic nitrogens is 1. The van der Waals surface area contributed by atoms with E-state index in [1.165, 1.54) is 12.1 Å². The quantitative estimate of drug-likeness (QED) is 0.898. The van der Waals surface area contributed by atoms with Crippen LogP contribution in [-0.4, -0.2) is 12.0 Å². The van der Waals surface area contributed by atoms with Crippen LogP contribution in [0.15, 0.2) is 16.5 Å². The second kappa shape index (κ2) is 4.39. The van der Waals surface area contributed by atoms with Crippen molar-refractivity contribution in [1.29, 1.82) is 0 Å². The maximum absolute atomic E-state index is 13.1. The molecule has 1 heterocycles. The standard InChI is InChI=1S/C11H12ClFN2O/c1-3-8(14-2)11-15-9-5-6(13)4-7(12)10(9)16-11/h4-5,8,14H,3H2,1-2H3. The third-order valence-corrected chi connectivity index (χ3v) is 2.76. The number of fused-ring (bicyclic) bond motifs is 1. The fraction of sp³-hybridized carbons (Fsp3) is 0.364. The molecule has 1 aromatic heterocycles. The van der Waals surface area contributed by atoms with Crippen molar-refractivity contribution < 1.29 is 8.81 Å². The highest BCUT2D eigenvalue weighted by molar-refractivity contribution is 6.34. The fourth-order valence-corrected chi connectivity index (χ4v) is 1.87. The monoisotopic (exact) mass is 242 g/mol. The van der Waals surface area contributed by atoms with E-state index in [9.17, 15) is 4.39 Å². The molecule has 1 unspecified atom stereocenters. The molecule has 16 heavy (non-hydrogen) atoms. The van der Waals surface area contributed by atoms with Gasteiger partial charge >= 0.3 is 0 Å². The summed E-state index contributed by atoms with van der Waals surface area (Å²) in [5, 5.41) is 3.32. The molecule has 0 saturated carbocycles. The number of halogens is 2.